The first-order valence-corrected chi connectivity index (χ1v) is 5.26. The summed E-state index contributed by atoms with van der Waals surface area (Å²) in [4.78, 5) is 0. The van der Waals surface area contributed by atoms with E-state index >= 15 is 0 Å². The van der Waals surface area contributed by atoms with Gasteiger partial charge in [-0.25, -0.2) is 4.68 Å². The molecule has 4 heteroatoms. The lowest BCUT2D eigenvalue weighted by atomic mass is 10.2. The number of nitrogens with two attached hydrogens (primary N) is 1. The standard InChI is InChI=1S/C11H12ClN3/c12-5-10-7-14-15(8-10)11-3-1-9(6-13)2-4-11/h1-4,7-8H,5-6,13H2. The van der Waals surface area contributed by atoms with E-state index in [-0.39, 0.29) is 0 Å². The third-order valence-electron chi connectivity index (χ3n) is 2.23. The molecule has 0 saturated heterocycles. The number of hydrogen-bond donors (Lipinski definition) is 1. The summed E-state index contributed by atoms with van der Waals surface area (Å²) in [5.41, 5.74) is 8.67. The number of halogens is 1. The highest BCUT2D eigenvalue weighted by Gasteiger charge is 1.99. The van der Waals surface area contributed by atoms with Gasteiger partial charge in [-0.2, -0.15) is 5.10 Å². The van der Waals surface area contributed by atoms with E-state index in [2.05, 4.69) is 5.10 Å². The molecular formula is C11H12ClN3. The van der Waals surface area contributed by atoms with E-state index < -0.39 is 0 Å². The molecule has 78 valence electrons. The molecule has 0 atom stereocenters. The van der Waals surface area contributed by atoms with Gasteiger partial charge in [0.1, 0.15) is 0 Å². The van der Waals surface area contributed by atoms with Crippen LogP contribution < -0.4 is 5.73 Å². The number of alkyl halides is 1. The molecule has 1 heterocycles. The molecule has 0 radical (unpaired) electrons. The topological polar surface area (TPSA) is 43.8 Å². The number of aromatic nitrogens is 2. The summed E-state index contributed by atoms with van der Waals surface area (Å²) in [5.74, 6) is 0.487. The molecule has 0 bridgehead atoms. The number of benzene rings is 1. The molecule has 0 fully saturated rings. The molecule has 2 rings (SSSR count). The van der Waals surface area contributed by atoms with Crippen molar-refractivity contribution in [3.05, 3.63) is 47.8 Å². The van der Waals surface area contributed by atoms with Crippen LogP contribution in [0.1, 0.15) is 11.1 Å². The molecular weight excluding hydrogens is 210 g/mol. The van der Waals surface area contributed by atoms with Gasteiger partial charge >= 0.3 is 0 Å². The van der Waals surface area contributed by atoms with Crippen LogP contribution in [0.4, 0.5) is 0 Å². The Morgan fingerprint density at radius 2 is 1.93 bits per heavy atom. The van der Waals surface area contributed by atoms with Crippen molar-refractivity contribution in [2.45, 2.75) is 12.4 Å². The lowest BCUT2D eigenvalue weighted by Crippen LogP contribution is -1.98. The second kappa shape index (κ2) is 4.47. The van der Waals surface area contributed by atoms with Crippen LogP contribution in [-0.4, -0.2) is 9.78 Å². The van der Waals surface area contributed by atoms with Crippen LogP contribution >= 0.6 is 11.6 Å². The summed E-state index contributed by atoms with van der Waals surface area (Å²) in [6.45, 7) is 0.562. The van der Waals surface area contributed by atoms with Crippen molar-refractivity contribution in [1.29, 1.82) is 0 Å². The SMILES string of the molecule is NCc1ccc(-n2cc(CCl)cn2)cc1. The highest BCUT2D eigenvalue weighted by atomic mass is 35.5. The van der Waals surface area contributed by atoms with Crippen LogP contribution in [0, 0.1) is 0 Å². The minimum absolute atomic E-state index is 0.487. The highest BCUT2D eigenvalue weighted by Crippen LogP contribution is 2.10. The zero-order valence-electron chi connectivity index (χ0n) is 8.23. The van der Waals surface area contributed by atoms with Crippen LogP contribution in [-0.2, 0) is 12.4 Å². The van der Waals surface area contributed by atoms with Crippen molar-refractivity contribution in [2.24, 2.45) is 5.73 Å². The van der Waals surface area contributed by atoms with Gasteiger partial charge in [0.15, 0.2) is 0 Å². The second-order valence-electron chi connectivity index (χ2n) is 3.30. The fourth-order valence-corrected chi connectivity index (χ4v) is 1.49. The van der Waals surface area contributed by atoms with E-state index in [0.29, 0.717) is 12.4 Å². The molecule has 0 spiro atoms. The van der Waals surface area contributed by atoms with Crippen LogP contribution in [0.3, 0.4) is 0 Å². The van der Waals surface area contributed by atoms with Gasteiger partial charge in [0, 0.05) is 18.3 Å². The van der Waals surface area contributed by atoms with E-state index in [1.807, 2.05) is 30.5 Å². The molecule has 15 heavy (non-hydrogen) atoms. The number of nitrogens with zero attached hydrogens (tertiary/aromatic N) is 2. The predicted octanol–water partition coefficient (Wildman–Crippen LogP) is 2.07. The molecule has 0 aliphatic heterocycles. The quantitative estimate of drug-likeness (QED) is 0.807. The van der Waals surface area contributed by atoms with Crippen molar-refractivity contribution in [3.63, 3.8) is 0 Å². The minimum atomic E-state index is 0.487. The van der Waals surface area contributed by atoms with Crippen LogP contribution in [0.25, 0.3) is 5.69 Å². The van der Waals surface area contributed by atoms with Gasteiger partial charge < -0.3 is 5.73 Å². The van der Waals surface area contributed by atoms with Crippen LogP contribution in [0.2, 0.25) is 0 Å². The average molecular weight is 222 g/mol. The number of rotatable bonds is 3. The summed E-state index contributed by atoms with van der Waals surface area (Å²) in [6.07, 6.45) is 3.69. The molecule has 0 aliphatic carbocycles. The summed E-state index contributed by atoms with van der Waals surface area (Å²) in [7, 11) is 0. The van der Waals surface area contributed by atoms with Crippen LogP contribution in [0.5, 0.6) is 0 Å². The van der Waals surface area contributed by atoms with Gasteiger partial charge in [-0.1, -0.05) is 12.1 Å². The molecule has 0 saturated carbocycles. The maximum Gasteiger partial charge on any atom is 0.0645 e. The summed E-state index contributed by atoms with van der Waals surface area (Å²) in [6, 6.07) is 7.98. The molecule has 2 aromatic rings. The third-order valence-corrected chi connectivity index (χ3v) is 2.54. The largest absolute Gasteiger partial charge is 0.326 e. The Balaban J connectivity index is 2.28. The maximum absolute atomic E-state index is 5.71. The molecule has 0 aliphatic rings. The molecule has 2 N–H and O–H groups in total. The minimum Gasteiger partial charge on any atom is -0.326 e. The first kappa shape index (κ1) is 10.2. The Kier molecular flexibility index (Phi) is 3.04. The fourth-order valence-electron chi connectivity index (χ4n) is 1.36. The maximum atomic E-state index is 5.71. The molecule has 3 nitrogen and oxygen atoms in total. The first-order valence-electron chi connectivity index (χ1n) is 4.72. The lowest BCUT2D eigenvalue weighted by molar-refractivity contribution is 0.878. The van der Waals surface area contributed by atoms with E-state index in [9.17, 15) is 0 Å². The van der Waals surface area contributed by atoms with Gasteiger partial charge in [0.25, 0.3) is 0 Å². The van der Waals surface area contributed by atoms with Crippen molar-refractivity contribution >= 4 is 11.6 Å². The van der Waals surface area contributed by atoms with Gasteiger partial charge in [0.05, 0.1) is 17.8 Å². The van der Waals surface area contributed by atoms with E-state index in [0.717, 1.165) is 16.8 Å². The molecule has 1 aromatic heterocycles. The Morgan fingerprint density at radius 3 is 2.47 bits per heavy atom. The lowest BCUT2D eigenvalue weighted by Gasteiger charge is -2.02. The Labute approximate surface area is 93.5 Å². The van der Waals surface area contributed by atoms with Crippen molar-refractivity contribution in [1.82, 2.24) is 9.78 Å². The predicted molar refractivity (Wildman–Crippen MR) is 61.0 cm³/mol. The molecule has 0 amide bonds. The van der Waals surface area contributed by atoms with Crippen molar-refractivity contribution < 1.29 is 0 Å². The summed E-state index contributed by atoms with van der Waals surface area (Å²) >= 11 is 5.71. The first-order chi connectivity index (χ1) is 7.33. The van der Waals surface area contributed by atoms with Crippen LogP contribution in [0.15, 0.2) is 36.7 Å². The van der Waals surface area contributed by atoms with E-state index in [1.165, 1.54) is 0 Å². The molecule has 1 aromatic carbocycles. The normalized spacial score (nSPS) is 10.5. The van der Waals surface area contributed by atoms with E-state index in [1.54, 1.807) is 10.9 Å². The number of hydrogen-bond acceptors (Lipinski definition) is 2. The highest BCUT2D eigenvalue weighted by molar-refractivity contribution is 6.17. The van der Waals surface area contributed by atoms with Crippen molar-refractivity contribution in [2.75, 3.05) is 0 Å². The monoisotopic (exact) mass is 221 g/mol. The smallest absolute Gasteiger partial charge is 0.0645 e. The summed E-state index contributed by atoms with van der Waals surface area (Å²) in [5, 5.41) is 4.21. The van der Waals surface area contributed by atoms with Gasteiger partial charge in [0.2, 0.25) is 0 Å². The second-order valence-corrected chi connectivity index (χ2v) is 3.56. The van der Waals surface area contributed by atoms with Gasteiger partial charge in [-0.3, -0.25) is 0 Å². The molecule has 0 unspecified atom stereocenters. The fraction of sp³-hybridized carbons (Fsp3) is 0.182. The Hall–Kier alpha value is -1.32. The third kappa shape index (κ3) is 2.19. The summed E-state index contributed by atoms with van der Waals surface area (Å²) < 4.78 is 1.80. The van der Waals surface area contributed by atoms with Gasteiger partial charge in [-0.05, 0) is 17.7 Å². The van der Waals surface area contributed by atoms with E-state index in [4.69, 9.17) is 17.3 Å². The average Bonchev–Trinajstić information content (AvgIpc) is 2.78. The van der Waals surface area contributed by atoms with Gasteiger partial charge in [-0.15, -0.1) is 11.6 Å². The Morgan fingerprint density at radius 1 is 1.20 bits per heavy atom. The zero-order valence-corrected chi connectivity index (χ0v) is 8.98. The van der Waals surface area contributed by atoms with Crippen molar-refractivity contribution in [3.8, 4) is 5.69 Å². The zero-order chi connectivity index (χ0) is 10.7. The Bertz CT molecular complexity index is 433.